The Bertz CT molecular complexity index is 525. The van der Waals surface area contributed by atoms with Crippen LogP contribution >= 0.6 is 11.6 Å². The third kappa shape index (κ3) is 2.88. The Morgan fingerprint density at radius 1 is 1.35 bits per heavy atom. The Hall–Kier alpha value is -1.75. The van der Waals surface area contributed by atoms with Gasteiger partial charge in [0.05, 0.1) is 29.3 Å². The highest BCUT2D eigenvalue weighted by Crippen LogP contribution is 2.26. The summed E-state index contributed by atoms with van der Waals surface area (Å²) in [4.78, 5) is 25.5. The Labute approximate surface area is 122 Å². The Balaban J connectivity index is 2.05. The van der Waals surface area contributed by atoms with Crippen LogP contribution in [0.3, 0.4) is 0 Å². The van der Waals surface area contributed by atoms with Gasteiger partial charge >= 0.3 is 5.97 Å². The van der Waals surface area contributed by atoms with Gasteiger partial charge in [0.15, 0.2) is 0 Å². The maximum Gasteiger partial charge on any atom is 0.308 e. The van der Waals surface area contributed by atoms with Crippen LogP contribution in [-0.4, -0.2) is 37.0 Å². The molecule has 1 amide bonds. The van der Waals surface area contributed by atoms with Crippen LogP contribution in [0, 0.1) is 5.92 Å². The van der Waals surface area contributed by atoms with Gasteiger partial charge in [-0.05, 0) is 25.0 Å². The molecule has 1 fully saturated rings. The number of piperidine rings is 1. The largest absolute Gasteiger partial charge is 0.469 e. The van der Waals surface area contributed by atoms with E-state index in [2.05, 4.69) is 0 Å². The maximum absolute atomic E-state index is 12.4. The van der Waals surface area contributed by atoms with Gasteiger partial charge in [0, 0.05) is 13.1 Å². The van der Waals surface area contributed by atoms with Crippen molar-refractivity contribution < 1.29 is 14.3 Å². The fraction of sp³-hybridized carbons (Fsp3) is 0.429. The summed E-state index contributed by atoms with van der Waals surface area (Å²) >= 11 is 6.06. The third-order valence-electron chi connectivity index (χ3n) is 3.58. The summed E-state index contributed by atoms with van der Waals surface area (Å²) in [5, 5.41) is 0.285. The van der Waals surface area contributed by atoms with Crippen molar-refractivity contribution in [3.05, 3.63) is 28.8 Å². The van der Waals surface area contributed by atoms with Gasteiger partial charge in [0.25, 0.3) is 5.91 Å². The molecule has 1 aromatic rings. The van der Waals surface area contributed by atoms with E-state index in [-0.39, 0.29) is 22.8 Å². The second-order valence-corrected chi connectivity index (χ2v) is 5.18. The number of halogens is 1. The Morgan fingerprint density at radius 3 is 2.60 bits per heavy atom. The topological polar surface area (TPSA) is 72.6 Å². The number of carbonyl (C=O) groups is 2. The lowest BCUT2D eigenvalue weighted by Crippen LogP contribution is -2.40. The molecule has 6 heteroatoms. The van der Waals surface area contributed by atoms with Crippen LogP contribution in [0.1, 0.15) is 23.2 Å². The molecule has 1 aliphatic heterocycles. The molecule has 5 nitrogen and oxygen atoms in total. The van der Waals surface area contributed by atoms with E-state index in [1.807, 2.05) is 0 Å². The summed E-state index contributed by atoms with van der Waals surface area (Å²) in [5.74, 6) is -0.481. The minimum absolute atomic E-state index is 0.125. The predicted molar refractivity (Wildman–Crippen MR) is 76.5 cm³/mol. The normalized spacial score (nSPS) is 16.0. The number of nitrogen functional groups attached to an aromatic ring is 1. The maximum atomic E-state index is 12.4. The molecule has 0 unspecified atom stereocenters. The van der Waals surface area contributed by atoms with E-state index >= 15 is 0 Å². The zero-order chi connectivity index (χ0) is 14.7. The fourth-order valence-electron chi connectivity index (χ4n) is 2.37. The van der Waals surface area contributed by atoms with E-state index in [9.17, 15) is 9.59 Å². The molecule has 0 atom stereocenters. The van der Waals surface area contributed by atoms with Gasteiger partial charge in [-0.2, -0.15) is 0 Å². The first-order chi connectivity index (χ1) is 9.54. The zero-order valence-corrected chi connectivity index (χ0v) is 12.0. The number of ether oxygens (including phenoxy) is 1. The molecule has 1 aromatic carbocycles. The fourth-order valence-corrected chi connectivity index (χ4v) is 2.58. The van der Waals surface area contributed by atoms with Gasteiger partial charge in [-0.25, -0.2) is 0 Å². The number of nitrogens with zero attached hydrogens (tertiary/aromatic N) is 1. The molecule has 0 spiro atoms. The average Bonchev–Trinajstić information content (AvgIpc) is 2.48. The van der Waals surface area contributed by atoms with Crippen molar-refractivity contribution in [3.63, 3.8) is 0 Å². The molecule has 1 saturated heterocycles. The molecule has 0 aromatic heterocycles. The number of benzene rings is 1. The van der Waals surface area contributed by atoms with Crippen molar-refractivity contribution in [1.82, 2.24) is 4.90 Å². The minimum atomic E-state index is -0.209. The van der Waals surface area contributed by atoms with E-state index in [1.54, 1.807) is 23.1 Å². The molecular formula is C14H17ClN2O3. The van der Waals surface area contributed by atoms with Crippen LogP contribution in [0.25, 0.3) is 0 Å². The number of anilines is 1. The van der Waals surface area contributed by atoms with Crippen molar-refractivity contribution in [2.24, 2.45) is 5.92 Å². The first-order valence-corrected chi connectivity index (χ1v) is 6.83. The Morgan fingerprint density at radius 2 is 2.00 bits per heavy atom. The molecule has 108 valence electrons. The van der Waals surface area contributed by atoms with Crippen LogP contribution in [-0.2, 0) is 9.53 Å². The number of hydrogen-bond acceptors (Lipinski definition) is 4. The predicted octanol–water partition coefficient (Wildman–Crippen LogP) is 1.95. The highest BCUT2D eigenvalue weighted by Gasteiger charge is 2.29. The summed E-state index contributed by atoms with van der Waals surface area (Å²) in [7, 11) is 1.38. The summed E-state index contributed by atoms with van der Waals surface area (Å²) in [6, 6.07) is 5.02. The van der Waals surface area contributed by atoms with Crippen LogP contribution in [0.15, 0.2) is 18.2 Å². The van der Waals surface area contributed by atoms with Crippen LogP contribution in [0.5, 0.6) is 0 Å². The van der Waals surface area contributed by atoms with Crippen molar-refractivity contribution >= 4 is 29.2 Å². The lowest BCUT2D eigenvalue weighted by atomic mass is 9.96. The van der Waals surface area contributed by atoms with E-state index in [4.69, 9.17) is 22.1 Å². The highest BCUT2D eigenvalue weighted by atomic mass is 35.5. The van der Waals surface area contributed by atoms with Crippen molar-refractivity contribution in [1.29, 1.82) is 0 Å². The second-order valence-electron chi connectivity index (χ2n) is 4.80. The highest BCUT2D eigenvalue weighted by molar-refractivity contribution is 6.36. The average molecular weight is 297 g/mol. The Kier molecular flexibility index (Phi) is 4.49. The minimum Gasteiger partial charge on any atom is -0.469 e. The number of rotatable bonds is 2. The molecule has 0 aliphatic carbocycles. The number of carbonyl (C=O) groups excluding carboxylic acids is 2. The first-order valence-electron chi connectivity index (χ1n) is 6.45. The molecule has 0 radical (unpaired) electrons. The monoisotopic (exact) mass is 296 g/mol. The smallest absolute Gasteiger partial charge is 0.308 e. The molecular weight excluding hydrogens is 280 g/mol. The SMILES string of the molecule is COC(=O)C1CCN(C(=O)c2cccc(N)c2Cl)CC1. The third-order valence-corrected chi connectivity index (χ3v) is 4.00. The van der Waals surface area contributed by atoms with Gasteiger partial charge in [-0.3, -0.25) is 9.59 Å². The lowest BCUT2D eigenvalue weighted by Gasteiger charge is -2.31. The molecule has 0 saturated carbocycles. The quantitative estimate of drug-likeness (QED) is 0.669. The van der Waals surface area contributed by atoms with E-state index in [0.717, 1.165) is 0 Å². The zero-order valence-electron chi connectivity index (χ0n) is 11.3. The van der Waals surface area contributed by atoms with Gasteiger partial charge in [-0.15, -0.1) is 0 Å². The standard InChI is InChI=1S/C14H17ClN2O3/c1-20-14(19)9-5-7-17(8-6-9)13(18)10-3-2-4-11(16)12(10)15/h2-4,9H,5-8,16H2,1H3. The molecule has 0 bridgehead atoms. The van der Waals surface area contributed by atoms with Gasteiger partial charge in [0.1, 0.15) is 0 Å². The summed E-state index contributed by atoms with van der Waals surface area (Å²) in [5.41, 5.74) is 6.50. The summed E-state index contributed by atoms with van der Waals surface area (Å²) < 4.78 is 4.72. The van der Waals surface area contributed by atoms with Gasteiger partial charge in [-0.1, -0.05) is 17.7 Å². The number of methoxy groups -OCH3 is 1. The van der Waals surface area contributed by atoms with Gasteiger partial charge in [0.2, 0.25) is 0 Å². The molecule has 1 aliphatic rings. The van der Waals surface area contributed by atoms with Crippen LogP contribution in [0.4, 0.5) is 5.69 Å². The lowest BCUT2D eigenvalue weighted by molar-refractivity contribution is -0.146. The summed E-state index contributed by atoms with van der Waals surface area (Å²) in [6.07, 6.45) is 1.22. The van der Waals surface area contributed by atoms with Crippen LogP contribution in [0.2, 0.25) is 5.02 Å². The van der Waals surface area contributed by atoms with E-state index in [1.165, 1.54) is 7.11 Å². The van der Waals surface area contributed by atoms with Crippen molar-refractivity contribution in [3.8, 4) is 0 Å². The number of nitrogens with two attached hydrogens (primary N) is 1. The number of likely N-dealkylation sites (tertiary alicyclic amines) is 1. The molecule has 2 rings (SSSR count). The number of amides is 1. The number of hydrogen-bond donors (Lipinski definition) is 1. The van der Waals surface area contributed by atoms with E-state index in [0.29, 0.717) is 37.2 Å². The number of esters is 1. The van der Waals surface area contributed by atoms with Crippen LogP contribution < -0.4 is 5.73 Å². The van der Waals surface area contributed by atoms with E-state index < -0.39 is 0 Å². The van der Waals surface area contributed by atoms with Gasteiger partial charge < -0.3 is 15.4 Å². The first kappa shape index (κ1) is 14.7. The van der Waals surface area contributed by atoms with Crippen molar-refractivity contribution in [2.75, 3.05) is 25.9 Å². The summed E-state index contributed by atoms with van der Waals surface area (Å²) in [6.45, 7) is 1.04. The van der Waals surface area contributed by atoms with Crippen molar-refractivity contribution in [2.45, 2.75) is 12.8 Å². The molecule has 2 N–H and O–H groups in total. The molecule has 1 heterocycles. The second kappa shape index (κ2) is 6.13. The molecule has 20 heavy (non-hydrogen) atoms.